The van der Waals surface area contributed by atoms with E-state index in [4.69, 9.17) is 12.2 Å². The number of carbonyl (C=O) groups excluding carboxylic acids is 1. The summed E-state index contributed by atoms with van der Waals surface area (Å²) in [4.78, 5) is 26.3. The fraction of sp³-hybridized carbons (Fsp3) is 0.250. The van der Waals surface area contributed by atoms with Gasteiger partial charge >= 0.3 is 0 Å². The fourth-order valence-electron chi connectivity index (χ4n) is 2.10. The van der Waals surface area contributed by atoms with E-state index in [2.05, 4.69) is 15.5 Å². The van der Waals surface area contributed by atoms with Crippen LogP contribution in [0, 0.1) is 4.77 Å². The average Bonchev–Trinajstić information content (AvgIpc) is 2.57. The van der Waals surface area contributed by atoms with Crippen molar-refractivity contribution in [1.82, 2.24) is 15.0 Å². The summed E-state index contributed by atoms with van der Waals surface area (Å²) in [5.41, 5.74) is 1.49. The van der Waals surface area contributed by atoms with E-state index in [0.29, 0.717) is 6.54 Å². The minimum atomic E-state index is -0.649. The Bertz CT molecular complexity index is 917. The number of phenolic OH excluding ortho intramolecular Hbond substituents is 1. The molecule has 2 aromatic rings. The molecule has 0 atom stereocenters. The van der Waals surface area contributed by atoms with Gasteiger partial charge in [-0.3, -0.25) is 19.1 Å². The second-order valence-corrected chi connectivity index (χ2v) is 5.60. The standard InChI is InChI=1S/C16H18N4O4S/c1-2-3-8-20-15(24)11(13(22)18-16(20)25)9-17-19-14(23)10-6-4-5-7-12(10)21/h4-7,9,21,24H,2-3,8H2,1H3,(H,19,23)(H,18,22,25)/b17-9+. The Morgan fingerprint density at radius 2 is 2.12 bits per heavy atom. The zero-order chi connectivity index (χ0) is 18.4. The molecular formula is C16H18N4O4S. The number of nitrogens with one attached hydrogen (secondary N) is 2. The maximum absolute atomic E-state index is 11.9. The summed E-state index contributed by atoms with van der Waals surface area (Å²) in [6, 6.07) is 5.97. The quantitative estimate of drug-likeness (QED) is 0.355. The molecule has 1 aromatic heterocycles. The highest BCUT2D eigenvalue weighted by Crippen LogP contribution is 2.15. The number of rotatable bonds is 6. The predicted molar refractivity (Wildman–Crippen MR) is 95.6 cm³/mol. The largest absolute Gasteiger partial charge is 0.507 e. The van der Waals surface area contributed by atoms with Crippen molar-refractivity contribution in [2.75, 3.05) is 0 Å². The summed E-state index contributed by atoms with van der Waals surface area (Å²) in [7, 11) is 0. The van der Waals surface area contributed by atoms with Gasteiger partial charge in [-0.2, -0.15) is 5.10 Å². The van der Waals surface area contributed by atoms with Crippen LogP contribution in [0.5, 0.6) is 11.6 Å². The maximum atomic E-state index is 11.9. The summed E-state index contributed by atoms with van der Waals surface area (Å²) < 4.78 is 1.51. The molecule has 9 heteroatoms. The highest BCUT2D eigenvalue weighted by atomic mass is 32.1. The monoisotopic (exact) mass is 362 g/mol. The molecule has 0 fully saturated rings. The van der Waals surface area contributed by atoms with Crippen LogP contribution >= 0.6 is 12.2 Å². The van der Waals surface area contributed by atoms with Crippen LogP contribution in [0.2, 0.25) is 0 Å². The van der Waals surface area contributed by atoms with E-state index in [-0.39, 0.29) is 27.5 Å². The van der Waals surface area contributed by atoms with Gasteiger partial charge in [0.05, 0.1) is 11.8 Å². The average molecular weight is 362 g/mol. The zero-order valence-electron chi connectivity index (χ0n) is 13.5. The number of hydrogen-bond acceptors (Lipinski definition) is 6. The van der Waals surface area contributed by atoms with Gasteiger partial charge in [0, 0.05) is 6.54 Å². The minimum absolute atomic E-state index is 0.0386. The number of aromatic nitrogens is 2. The highest BCUT2D eigenvalue weighted by Gasteiger charge is 2.12. The van der Waals surface area contributed by atoms with Crippen molar-refractivity contribution >= 4 is 24.3 Å². The van der Waals surface area contributed by atoms with Crippen LogP contribution in [0.1, 0.15) is 35.7 Å². The van der Waals surface area contributed by atoms with E-state index in [1.807, 2.05) is 6.92 Å². The SMILES string of the molecule is CCCCn1c(O)c(/C=N/NC(=O)c2ccccc2O)c(=O)[nH]c1=S. The number of carbonyl (C=O) groups is 1. The van der Waals surface area contributed by atoms with Crippen LogP contribution in [-0.4, -0.2) is 31.9 Å². The number of hydrogen-bond donors (Lipinski definition) is 4. The lowest BCUT2D eigenvalue weighted by Gasteiger charge is -2.10. The van der Waals surface area contributed by atoms with Crippen molar-refractivity contribution in [1.29, 1.82) is 0 Å². The molecule has 0 unspecified atom stereocenters. The van der Waals surface area contributed by atoms with Crippen molar-refractivity contribution in [3.63, 3.8) is 0 Å². The first-order valence-corrected chi connectivity index (χ1v) is 8.04. The van der Waals surface area contributed by atoms with E-state index in [9.17, 15) is 19.8 Å². The van der Waals surface area contributed by atoms with Crippen LogP contribution < -0.4 is 11.0 Å². The lowest BCUT2D eigenvalue weighted by Crippen LogP contribution is -2.21. The van der Waals surface area contributed by atoms with Crippen molar-refractivity contribution in [3.8, 4) is 11.6 Å². The number of unbranched alkanes of at least 4 members (excludes halogenated alkanes) is 1. The van der Waals surface area contributed by atoms with E-state index in [1.54, 1.807) is 12.1 Å². The Labute approximate surface area is 148 Å². The first kappa shape index (κ1) is 18.4. The summed E-state index contributed by atoms with van der Waals surface area (Å²) in [5, 5.41) is 23.5. The lowest BCUT2D eigenvalue weighted by atomic mass is 10.2. The van der Waals surface area contributed by atoms with Gasteiger partial charge in [-0.1, -0.05) is 25.5 Å². The van der Waals surface area contributed by atoms with Crippen molar-refractivity contribution in [2.45, 2.75) is 26.3 Å². The Balaban J connectivity index is 2.23. The van der Waals surface area contributed by atoms with E-state index >= 15 is 0 Å². The third kappa shape index (κ3) is 4.32. The zero-order valence-corrected chi connectivity index (χ0v) is 14.3. The van der Waals surface area contributed by atoms with Crippen LogP contribution in [0.15, 0.2) is 34.2 Å². The highest BCUT2D eigenvalue weighted by molar-refractivity contribution is 7.71. The topological polar surface area (TPSA) is 120 Å². The normalized spacial score (nSPS) is 10.9. The summed E-state index contributed by atoms with van der Waals surface area (Å²) in [6.45, 7) is 2.44. The third-order valence-electron chi connectivity index (χ3n) is 3.45. The molecule has 0 aliphatic heterocycles. The Hall–Kier alpha value is -2.94. The molecule has 132 valence electrons. The number of H-pyrrole nitrogens is 1. The first-order valence-electron chi connectivity index (χ1n) is 7.63. The second-order valence-electron chi connectivity index (χ2n) is 5.22. The third-order valence-corrected chi connectivity index (χ3v) is 3.77. The number of nitrogens with zero attached hydrogens (tertiary/aromatic N) is 2. The Morgan fingerprint density at radius 3 is 2.80 bits per heavy atom. The van der Waals surface area contributed by atoms with Gasteiger partial charge in [0.15, 0.2) is 4.77 Å². The van der Waals surface area contributed by atoms with Gasteiger partial charge < -0.3 is 10.2 Å². The lowest BCUT2D eigenvalue weighted by molar-refractivity contribution is 0.0952. The molecule has 0 spiro atoms. The number of amides is 1. The molecule has 25 heavy (non-hydrogen) atoms. The number of aromatic amines is 1. The number of hydrazone groups is 1. The van der Waals surface area contributed by atoms with Crippen LogP contribution in [0.4, 0.5) is 0 Å². The van der Waals surface area contributed by atoms with Gasteiger partial charge in [-0.25, -0.2) is 5.43 Å². The molecule has 2 rings (SSSR count). The molecule has 1 aromatic carbocycles. The van der Waals surface area contributed by atoms with Crippen molar-refractivity contribution in [2.24, 2.45) is 5.10 Å². The minimum Gasteiger partial charge on any atom is -0.507 e. The van der Waals surface area contributed by atoms with Crippen molar-refractivity contribution < 1.29 is 15.0 Å². The Kier molecular flexibility index (Phi) is 6.07. The molecule has 8 nitrogen and oxygen atoms in total. The number of aromatic hydroxyl groups is 2. The summed E-state index contributed by atoms with van der Waals surface area (Å²) in [5.74, 6) is -1.16. The van der Waals surface area contributed by atoms with Crippen LogP contribution in [0.25, 0.3) is 0 Å². The Morgan fingerprint density at radius 1 is 1.40 bits per heavy atom. The molecule has 0 aliphatic carbocycles. The second kappa shape index (κ2) is 8.25. The maximum Gasteiger partial charge on any atom is 0.275 e. The molecule has 1 amide bonds. The van der Waals surface area contributed by atoms with Gasteiger partial charge in [0.2, 0.25) is 5.88 Å². The summed E-state index contributed by atoms with van der Waals surface area (Å²) >= 11 is 5.04. The van der Waals surface area contributed by atoms with Crippen molar-refractivity contribution in [3.05, 3.63) is 50.5 Å². The molecule has 0 radical (unpaired) electrons. The first-order chi connectivity index (χ1) is 12.0. The number of para-hydroxylation sites is 1. The van der Waals surface area contributed by atoms with E-state index in [0.717, 1.165) is 19.1 Å². The van der Waals surface area contributed by atoms with E-state index < -0.39 is 11.5 Å². The molecule has 4 N–H and O–H groups in total. The molecule has 0 aliphatic rings. The van der Waals surface area contributed by atoms with Gasteiger partial charge in [-0.15, -0.1) is 0 Å². The molecule has 0 saturated carbocycles. The van der Waals surface area contributed by atoms with Crippen LogP contribution in [0.3, 0.4) is 0 Å². The van der Waals surface area contributed by atoms with Gasteiger partial charge in [-0.05, 0) is 30.8 Å². The number of phenols is 1. The molecular weight excluding hydrogens is 344 g/mol. The van der Waals surface area contributed by atoms with Gasteiger partial charge in [0.1, 0.15) is 11.3 Å². The summed E-state index contributed by atoms with van der Waals surface area (Å²) in [6.07, 6.45) is 2.69. The molecule has 0 saturated heterocycles. The molecule has 1 heterocycles. The molecule has 0 bridgehead atoms. The predicted octanol–water partition coefficient (Wildman–Crippen LogP) is 1.88. The fourth-order valence-corrected chi connectivity index (χ4v) is 2.37. The number of benzene rings is 1. The van der Waals surface area contributed by atoms with Gasteiger partial charge in [0.25, 0.3) is 11.5 Å². The smallest absolute Gasteiger partial charge is 0.275 e. The van der Waals surface area contributed by atoms with Crippen LogP contribution in [-0.2, 0) is 6.54 Å². The van der Waals surface area contributed by atoms with E-state index in [1.165, 1.54) is 16.7 Å².